The molecule has 0 saturated carbocycles. The fourth-order valence-corrected chi connectivity index (χ4v) is 1.89. The number of nitrogens with one attached hydrogen (secondary N) is 1. The molecule has 0 atom stereocenters. The van der Waals surface area contributed by atoms with E-state index in [1.165, 1.54) is 12.4 Å². The van der Waals surface area contributed by atoms with Gasteiger partial charge in [-0.1, -0.05) is 26.7 Å². The topological polar surface area (TPSA) is 91.6 Å². The second-order valence-corrected chi connectivity index (χ2v) is 4.11. The molecular formula is C12H17N5O. The highest BCUT2D eigenvalue weighted by molar-refractivity contribution is 5.95. The van der Waals surface area contributed by atoms with Gasteiger partial charge in [0.2, 0.25) is 11.9 Å². The molecule has 1 heterocycles. The fraction of sp³-hybridized carbons (Fsp3) is 0.583. The summed E-state index contributed by atoms with van der Waals surface area (Å²) >= 11 is 0. The van der Waals surface area contributed by atoms with Crippen LogP contribution in [0.15, 0.2) is 12.4 Å². The van der Waals surface area contributed by atoms with Crippen LogP contribution < -0.4 is 5.32 Å². The van der Waals surface area contributed by atoms with Crippen molar-refractivity contribution >= 4 is 11.9 Å². The molecule has 18 heavy (non-hydrogen) atoms. The van der Waals surface area contributed by atoms with Crippen molar-refractivity contribution in [2.75, 3.05) is 5.32 Å². The molecule has 1 N–H and O–H groups in total. The molecule has 1 rings (SSSR count). The van der Waals surface area contributed by atoms with Crippen LogP contribution in [-0.4, -0.2) is 21.1 Å². The Bertz CT molecular complexity index is 420. The first-order valence-corrected chi connectivity index (χ1v) is 6.05. The monoisotopic (exact) mass is 247 g/mol. The van der Waals surface area contributed by atoms with E-state index in [2.05, 4.69) is 26.6 Å². The van der Waals surface area contributed by atoms with Gasteiger partial charge in [0.1, 0.15) is 5.41 Å². The molecule has 0 aliphatic rings. The minimum absolute atomic E-state index is 0.134. The van der Waals surface area contributed by atoms with Crippen LogP contribution >= 0.6 is 0 Å². The summed E-state index contributed by atoms with van der Waals surface area (Å²) in [6, 6.07) is 2.15. The Kier molecular flexibility index (Phi) is 5.18. The molecule has 0 saturated heterocycles. The van der Waals surface area contributed by atoms with Crippen molar-refractivity contribution in [3.05, 3.63) is 12.4 Å². The van der Waals surface area contributed by atoms with Crippen LogP contribution in [-0.2, 0) is 4.79 Å². The van der Waals surface area contributed by atoms with Crippen molar-refractivity contribution in [3.8, 4) is 6.07 Å². The van der Waals surface area contributed by atoms with E-state index >= 15 is 0 Å². The van der Waals surface area contributed by atoms with E-state index in [1.54, 1.807) is 0 Å². The van der Waals surface area contributed by atoms with Gasteiger partial charge < -0.3 is 0 Å². The van der Waals surface area contributed by atoms with Crippen LogP contribution in [0.4, 0.5) is 5.95 Å². The summed E-state index contributed by atoms with van der Waals surface area (Å²) in [6.45, 7) is 3.91. The zero-order valence-electron chi connectivity index (χ0n) is 10.7. The van der Waals surface area contributed by atoms with Gasteiger partial charge in [-0.25, -0.2) is 4.98 Å². The van der Waals surface area contributed by atoms with Crippen molar-refractivity contribution < 1.29 is 4.79 Å². The van der Waals surface area contributed by atoms with Gasteiger partial charge in [0.25, 0.3) is 0 Å². The minimum atomic E-state index is -0.997. The number of nitriles is 1. The van der Waals surface area contributed by atoms with Crippen molar-refractivity contribution in [2.45, 2.75) is 39.5 Å². The zero-order chi connectivity index (χ0) is 13.4. The van der Waals surface area contributed by atoms with Gasteiger partial charge in [-0.05, 0) is 12.8 Å². The summed E-state index contributed by atoms with van der Waals surface area (Å²) in [7, 11) is 0. The lowest BCUT2D eigenvalue weighted by Crippen LogP contribution is -2.35. The van der Waals surface area contributed by atoms with Crippen molar-refractivity contribution in [3.63, 3.8) is 0 Å². The molecular weight excluding hydrogens is 230 g/mol. The Morgan fingerprint density at radius 3 is 2.50 bits per heavy atom. The molecule has 0 aromatic carbocycles. The summed E-state index contributed by atoms with van der Waals surface area (Å²) in [5.41, 5.74) is -0.997. The van der Waals surface area contributed by atoms with Gasteiger partial charge in [-0.2, -0.15) is 10.4 Å². The average molecular weight is 247 g/mol. The zero-order valence-corrected chi connectivity index (χ0v) is 10.7. The van der Waals surface area contributed by atoms with E-state index in [4.69, 9.17) is 0 Å². The molecule has 6 nitrogen and oxygen atoms in total. The molecule has 0 radical (unpaired) electrons. The Labute approximate surface area is 106 Å². The molecule has 96 valence electrons. The summed E-state index contributed by atoms with van der Waals surface area (Å²) in [5, 5.41) is 19.2. The quantitative estimate of drug-likeness (QED) is 0.829. The number of amides is 1. The second-order valence-electron chi connectivity index (χ2n) is 4.11. The van der Waals surface area contributed by atoms with Crippen molar-refractivity contribution in [2.24, 2.45) is 5.41 Å². The minimum Gasteiger partial charge on any atom is -0.292 e. The van der Waals surface area contributed by atoms with Crippen molar-refractivity contribution in [1.82, 2.24) is 15.2 Å². The maximum absolute atomic E-state index is 12.2. The maximum Gasteiger partial charge on any atom is 0.249 e. The smallest absolute Gasteiger partial charge is 0.249 e. The lowest BCUT2D eigenvalue weighted by Gasteiger charge is -2.23. The number of anilines is 1. The Morgan fingerprint density at radius 2 is 2.06 bits per heavy atom. The highest BCUT2D eigenvalue weighted by Gasteiger charge is 2.37. The number of carbonyl (C=O) groups excluding carboxylic acids is 1. The number of carbonyl (C=O) groups is 1. The highest BCUT2D eigenvalue weighted by Crippen LogP contribution is 2.30. The van der Waals surface area contributed by atoms with Gasteiger partial charge in [0.05, 0.1) is 18.5 Å². The first-order valence-electron chi connectivity index (χ1n) is 6.05. The summed E-state index contributed by atoms with van der Waals surface area (Å²) in [5.74, 6) is -0.212. The van der Waals surface area contributed by atoms with Crippen molar-refractivity contribution in [1.29, 1.82) is 5.26 Å². The molecule has 1 amide bonds. The molecule has 0 spiro atoms. The number of nitrogens with zero attached hydrogens (tertiary/aromatic N) is 4. The largest absolute Gasteiger partial charge is 0.292 e. The van der Waals surface area contributed by atoms with Crippen LogP contribution in [0.5, 0.6) is 0 Å². The lowest BCUT2D eigenvalue weighted by molar-refractivity contribution is -0.123. The van der Waals surface area contributed by atoms with Gasteiger partial charge in [-0.3, -0.25) is 10.1 Å². The van der Waals surface area contributed by atoms with E-state index in [0.717, 1.165) is 12.8 Å². The molecule has 0 bridgehead atoms. The van der Waals surface area contributed by atoms with Crippen LogP contribution in [0.25, 0.3) is 0 Å². The summed E-state index contributed by atoms with van der Waals surface area (Å²) in [6.07, 6.45) is 5.47. The summed E-state index contributed by atoms with van der Waals surface area (Å²) < 4.78 is 0. The lowest BCUT2D eigenvalue weighted by atomic mass is 9.80. The van der Waals surface area contributed by atoms with E-state index in [-0.39, 0.29) is 11.9 Å². The predicted molar refractivity (Wildman–Crippen MR) is 66.3 cm³/mol. The van der Waals surface area contributed by atoms with E-state index < -0.39 is 5.41 Å². The maximum atomic E-state index is 12.2. The predicted octanol–water partition coefficient (Wildman–Crippen LogP) is 1.92. The Hall–Kier alpha value is -2.03. The van der Waals surface area contributed by atoms with E-state index in [9.17, 15) is 10.1 Å². The van der Waals surface area contributed by atoms with Gasteiger partial charge in [0, 0.05) is 0 Å². The average Bonchev–Trinajstić information content (AvgIpc) is 2.39. The van der Waals surface area contributed by atoms with Gasteiger partial charge in [0.15, 0.2) is 0 Å². The Balaban J connectivity index is 2.86. The molecule has 0 fully saturated rings. The van der Waals surface area contributed by atoms with E-state index in [0.29, 0.717) is 12.8 Å². The first kappa shape index (κ1) is 14.0. The third-order valence-electron chi connectivity index (χ3n) is 2.71. The molecule has 0 aliphatic heterocycles. The van der Waals surface area contributed by atoms with Crippen LogP contribution in [0.3, 0.4) is 0 Å². The molecule has 0 aliphatic carbocycles. The van der Waals surface area contributed by atoms with Crippen LogP contribution in [0.1, 0.15) is 39.5 Å². The second kappa shape index (κ2) is 6.64. The normalized spacial score (nSPS) is 10.7. The Morgan fingerprint density at radius 1 is 1.39 bits per heavy atom. The number of aromatic nitrogens is 3. The number of rotatable bonds is 6. The highest BCUT2D eigenvalue weighted by atomic mass is 16.2. The molecule has 1 aromatic rings. The molecule has 1 aromatic heterocycles. The van der Waals surface area contributed by atoms with Crippen LogP contribution in [0.2, 0.25) is 0 Å². The number of hydrogen-bond donors (Lipinski definition) is 1. The van der Waals surface area contributed by atoms with Gasteiger partial charge in [-0.15, -0.1) is 5.10 Å². The first-order chi connectivity index (χ1) is 8.68. The third kappa shape index (κ3) is 3.23. The SMILES string of the molecule is CCCC(C#N)(CCC)C(=O)Nc1nccnn1. The third-order valence-corrected chi connectivity index (χ3v) is 2.71. The van der Waals surface area contributed by atoms with E-state index in [1.807, 2.05) is 13.8 Å². The standard InChI is InChI=1S/C12H17N5O/c1-3-5-12(9-13,6-4-2)10(18)16-11-14-7-8-15-17-11/h7-8H,3-6H2,1-2H3,(H,14,16,17,18). The number of hydrogen-bond acceptors (Lipinski definition) is 5. The summed E-state index contributed by atoms with van der Waals surface area (Å²) in [4.78, 5) is 16.1. The van der Waals surface area contributed by atoms with Gasteiger partial charge >= 0.3 is 0 Å². The molecule has 6 heteroatoms. The fourth-order valence-electron chi connectivity index (χ4n) is 1.89. The molecule has 0 unspecified atom stereocenters. The van der Waals surface area contributed by atoms with Crippen LogP contribution in [0, 0.1) is 16.7 Å².